The smallest absolute Gasteiger partial charge is 0.154 e. The molecule has 0 aliphatic rings. The summed E-state index contributed by atoms with van der Waals surface area (Å²) in [5.74, 6) is 3.30. The molecule has 0 spiro atoms. The zero-order valence-corrected chi connectivity index (χ0v) is 10.3. The topological polar surface area (TPSA) is 46.9 Å². The van der Waals surface area contributed by atoms with E-state index in [1.165, 1.54) is 0 Å². The number of terminal acetylenes is 1. The van der Waals surface area contributed by atoms with Gasteiger partial charge in [0.25, 0.3) is 0 Å². The van der Waals surface area contributed by atoms with E-state index in [2.05, 4.69) is 16.2 Å². The van der Waals surface area contributed by atoms with Crippen molar-refractivity contribution in [2.45, 2.75) is 6.42 Å². The van der Waals surface area contributed by atoms with Gasteiger partial charge in [-0.05, 0) is 12.1 Å². The lowest BCUT2D eigenvalue weighted by Gasteiger charge is -2.02. The van der Waals surface area contributed by atoms with Gasteiger partial charge in [-0.15, -0.1) is 6.42 Å². The first-order chi connectivity index (χ1) is 8.72. The number of Topliss-reactive ketones (excluding diaryl/α,β-unsaturated/α-hetero) is 1. The van der Waals surface area contributed by atoms with E-state index in [1.807, 2.05) is 35.9 Å². The van der Waals surface area contributed by atoms with Crippen molar-refractivity contribution < 1.29 is 4.79 Å². The largest absolute Gasteiger partial charge is 0.331 e. The first-order valence-electron chi connectivity index (χ1n) is 5.78. The molecule has 0 amide bonds. The van der Waals surface area contributed by atoms with Gasteiger partial charge in [0.2, 0.25) is 0 Å². The highest BCUT2D eigenvalue weighted by molar-refractivity contribution is 5.84. The molecule has 1 heterocycles. The van der Waals surface area contributed by atoms with Crippen molar-refractivity contribution in [1.29, 1.82) is 0 Å². The molecule has 1 aromatic heterocycles. The van der Waals surface area contributed by atoms with E-state index in [0.29, 0.717) is 13.0 Å². The van der Waals surface area contributed by atoms with Gasteiger partial charge >= 0.3 is 0 Å². The normalized spacial score (nSPS) is 10.4. The van der Waals surface area contributed by atoms with Crippen LogP contribution < -0.4 is 5.32 Å². The number of hydrogen-bond acceptors (Lipinski definition) is 3. The minimum Gasteiger partial charge on any atom is -0.331 e. The zero-order valence-electron chi connectivity index (χ0n) is 10.3. The van der Waals surface area contributed by atoms with Crippen LogP contribution in [0.3, 0.4) is 0 Å². The van der Waals surface area contributed by atoms with Crippen LogP contribution in [0.15, 0.2) is 24.3 Å². The van der Waals surface area contributed by atoms with Crippen LogP contribution in [-0.4, -0.2) is 28.4 Å². The van der Waals surface area contributed by atoms with Crippen molar-refractivity contribution in [1.82, 2.24) is 14.9 Å². The highest BCUT2D eigenvalue weighted by Crippen LogP contribution is 2.14. The molecule has 0 atom stereocenters. The SMILES string of the molecule is C#CCNCC(=O)Cc1nc2ccccc2n1C. The monoisotopic (exact) mass is 241 g/mol. The number of imidazole rings is 1. The molecule has 0 unspecified atom stereocenters. The van der Waals surface area contributed by atoms with Gasteiger partial charge < -0.3 is 4.57 Å². The molecule has 0 aliphatic heterocycles. The van der Waals surface area contributed by atoms with Gasteiger partial charge in [0.05, 0.1) is 30.5 Å². The summed E-state index contributed by atoms with van der Waals surface area (Å²) in [4.78, 5) is 16.2. The van der Waals surface area contributed by atoms with Crippen LogP contribution in [0.5, 0.6) is 0 Å². The number of nitrogens with one attached hydrogen (secondary N) is 1. The summed E-state index contributed by atoms with van der Waals surface area (Å²) in [5, 5.41) is 2.89. The van der Waals surface area contributed by atoms with Crippen LogP contribution in [0.1, 0.15) is 5.82 Å². The first-order valence-corrected chi connectivity index (χ1v) is 5.78. The fourth-order valence-corrected chi connectivity index (χ4v) is 1.87. The first kappa shape index (κ1) is 12.3. The third-order valence-corrected chi connectivity index (χ3v) is 2.78. The predicted molar refractivity (Wildman–Crippen MR) is 71.1 cm³/mol. The molecule has 92 valence electrons. The van der Waals surface area contributed by atoms with Crippen molar-refractivity contribution in [3.8, 4) is 12.3 Å². The van der Waals surface area contributed by atoms with Gasteiger partial charge in [0.1, 0.15) is 5.82 Å². The van der Waals surface area contributed by atoms with E-state index >= 15 is 0 Å². The van der Waals surface area contributed by atoms with Crippen LogP contribution in [0.2, 0.25) is 0 Å². The summed E-state index contributed by atoms with van der Waals surface area (Å²) in [5.41, 5.74) is 1.95. The van der Waals surface area contributed by atoms with E-state index in [1.54, 1.807) is 0 Å². The maximum absolute atomic E-state index is 11.7. The van der Waals surface area contributed by atoms with E-state index in [-0.39, 0.29) is 12.3 Å². The van der Waals surface area contributed by atoms with Crippen LogP contribution >= 0.6 is 0 Å². The number of hydrogen-bond donors (Lipinski definition) is 1. The van der Waals surface area contributed by atoms with Gasteiger partial charge in [-0.2, -0.15) is 0 Å². The average molecular weight is 241 g/mol. The number of fused-ring (bicyclic) bond motifs is 1. The lowest BCUT2D eigenvalue weighted by molar-refractivity contribution is -0.117. The number of carbonyl (C=O) groups is 1. The van der Waals surface area contributed by atoms with Crippen LogP contribution in [0, 0.1) is 12.3 Å². The molecule has 18 heavy (non-hydrogen) atoms. The number of carbonyl (C=O) groups excluding carboxylic acids is 1. The number of nitrogens with zero attached hydrogens (tertiary/aromatic N) is 2. The minimum absolute atomic E-state index is 0.0867. The number of benzene rings is 1. The molecular formula is C14H15N3O. The number of para-hydroxylation sites is 2. The predicted octanol–water partition coefficient (Wildman–Crippen LogP) is 0.908. The van der Waals surface area contributed by atoms with Crippen LogP contribution in [0.4, 0.5) is 0 Å². The molecular weight excluding hydrogens is 226 g/mol. The molecule has 0 radical (unpaired) electrons. The molecule has 1 aromatic carbocycles. The number of aryl methyl sites for hydroxylation is 1. The third-order valence-electron chi connectivity index (χ3n) is 2.78. The van der Waals surface area contributed by atoms with Gasteiger partial charge in [-0.3, -0.25) is 10.1 Å². The average Bonchev–Trinajstić information content (AvgIpc) is 2.67. The molecule has 1 N–H and O–H groups in total. The molecule has 0 saturated heterocycles. The van der Waals surface area contributed by atoms with Gasteiger partial charge in [0.15, 0.2) is 5.78 Å². The summed E-state index contributed by atoms with van der Waals surface area (Å²) in [7, 11) is 1.92. The van der Waals surface area contributed by atoms with Crippen molar-refractivity contribution in [3.05, 3.63) is 30.1 Å². The summed E-state index contributed by atoms with van der Waals surface area (Å²) in [6, 6.07) is 7.84. The highest BCUT2D eigenvalue weighted by Gasteiger charge is 2.10. The Morgan fingerprint density at radius 3 is 3.00 bits per heavy atom. The molecule has 0 bridgehead atoms. The van der Waals surface area contributed by atoms with Crippen molar-refractivity contribution >= 4 is 16.8 Å². The molecule has 0 aliphatic carbocycles. The lowest BCUT2D eigenvalue weighted by atomic mass is 10.2. The number of aromatic nitrogens is 2. The van der Waals surface area contributed by atoms with E-state index < -0.39 is 0 Å². The molecule has 4 nitrogen and oxygen atoms in total. The summed E-state index contributed by atoms with van der Waals surface area (Å²) >= 11 is 0. The fraction of sp³-hybridized carbons (Fsp3) is 0.286. The molecule has 2 rings (SSSR count). The Hall–Kier alpha value is -2.12. The van der Waals surface area contributed by atoms with E-state index in [0.717, 1.165) is 16.9 Å². The van der Waals surface area contributed by atoms with Gasteiger partial charge in [-0.25, -0.2) is 4.98 Å². The Balaban J connectivity index is 2.10. The number of rotatable bonds is 5. The third kappa shape index (κ3) is 2.58. The molecule has 4 heteroatoms. The van der Waals surface area contributed by atoms with Crippen molar-refractivity contribution in [2.75, 3.05) is 13.1 Å². The Bertz CT molecular complexity index is 607. The maximum atomic E-state index is 11.7. The summed E-state index contributed by atoms with van der Waals surface area (Å²) in [6.45, 7) is 0.696. The second-order valence-corrected chi connectivity index (χ2v) is 4.10. The van der Waals surface area contributed by atoms with Crippen molar-refractivity contribution in [3.63, 3.8) is 0 Å². The standard InChI is InChI=1S/C14H15N3O/c1-3-8-15-10-11(18)9-14-16-12-6-4-5-7-13(12)17(14)2/h1,4-7,15H,8-10H2,2H3. The Morgan fingerprint density at radius 1 is 1.50 bits per heavy atom. The van der Waals surface area contributed by atoms with E-state index in [4.69, 9.17) is 6.42 Å². The van der Waals surface area contributed by atoms with Gasteiger partial charge in [0, 0.05) is 7.05 Å². The zero-order chi connectivity index (χ0) is 13.0. The molecule has 0 saturated carbocycles. The van der Waals surface area contributed by atoms with Crippen LogP contribution in [0.25, 0.3) is 11.0 Å². The quantitative estimate of drug-likeness (QED) is 0.625. The highest BCUT2D eigenvalue weighted by atomic mass is 16.1. The Labute approximate surface area is 106 Å². The minimum atomic E-state index is 0.0867. The van der Waals surface area contributed by atoms with Crippen molar-refractivity contribution in [2.24, 2.45) is 7.05 Å². The summed E-state index contributed by atoms with van der Waals surface area (Å²) in [6.07, 6.45) is 5.42. The van der Waals surface area contributed by atoms with Gasteiger partial charge in [-0.1, -0.05) is 18.1 Å². The molecule has 2 aromatic rings. The fourth-order valence-electron chi connectivity index (χ4n) is 1.87. The Morgan fingerprint density at radius 2 is 2.28 bits per heavy atom. The summed E-state index contributed by atoms with van der Waals surface area (Å²) < 4.78 is 1.95. The molecule has 0 fully saturated rings. The number of ketones is 1. The van der Waals surface area contributed by atoms with Crippen LogP contribution in [-0.2, 0) is 18.3 Å². The second kappa shape index (κ2) is 5.48. The van der Waals surface area contributed by atoms with E-state index in [9.17, 15) is 4.79 Å². The lowest BCUT2D eigenvalue weighted by Crippen LogP contribution is -2.25. The Kier molecular flexibility index (Phi) is 3.75. The second-order valence-electron chi connectivity index (χ2n) is 4.10. The maximum Gasteiger partial charge on any atom is 0.154 e.